The molecule has 3 heteroatoms. The molecular weight excluding hydrogens is 200 g/mol. The van der Waals surface area contributed by atoms with Crippen LogP contribution in [0.1, 0.15) is 22.3 Å². The van der Waals surface area contributed by atoms with Gasteiger partial charge in [-0.05, 0) is 39.1 Å². The summed E-state index contributed by atoms with van der Waals surface area (Å²) < 4.78 is 0. The summed E-state index contributed by atoms with van der Waals surface area (Å²) in [5, 5.41) is 3.07. The van der Waals surface area contributed by atoms with Gasteiger partial charge in [0.2, 0.25) is 0 Å². The molecule has 0 atom stereocenters. The number of aryl methyl sites for hydroxylation is 1. The van der Waals surface area contributed by atoms with Crippen molar-refractivity contribution in [3.05, 3.63) is 35.4 Å². The van der Waals surface area contributed by atoms with Crippen LogP contribution in [0, 0.1) is 6.92 Å². The highest BCUT2D eigenvalue weighted by atomic mass is 16.2. The highest BCUT2D eigenvalue weighted by Gasteiger charge is 2.10. The standard InChI is InChI=1S/C13H20N2O/c1-11-6-4-7-12(10-11)13(16)15(3)9-5-8-14-2/h4,6-7,10,14H,5,8-9H2,1-3H3. The molecule has 1 amide bonds. The Balaban J connectivity index is 2.56. The molecule has 0 aliphatic rings. The third-order valence-corrected chi connectivity index (χ3v) is 2.53. The molecule has 1 aromatic rings. The lowest BCUT2D eigenvalue weighted by atomic mass is 10.1. The number of rotatable bonds is 5. The Labute approximate surface area is 97.5 Å². The second kappa shape index (κ2) is 6.28. The predicted molar refractivity (Wildman–Crippen MR) is 66.7 cm³/mol. The highest BCUT2D eigenvalue weighted by molar-refractivity contribution is 5.94. The third-order valence-electron chi connectivity index (χ3n) is 2.53. The van der Waals surface area contributed by atoms with Gasteiger partial charge >= 0.3 is 0 Å². The Kier molecular flexibility index (Phi) is 4.99. The van der Waals surface area contributed by atoms with Gasteiger partial charge in [-0.2, -0.15) is 0 Å². The summed E-state index contributed by atoms with van der Waals surface area (Å²) in [6.45, 7) is 3.72. The van der Waals surface area contributed by atoms with Crippen LogP contribution < -0.4 is 5.32 Å². The van der Waals surface area contributed by atoms with Crippen LogP contribution in [-0.4, -0.2) is 38.0 Å². The van der Waals surface area contributed by atoms with Gasteiger partial charge in [-0.25, -0.2) is 0 Å². The molecule has 0 saturated heterocycles. The van der Waals surface area contributed by atoms with Crippen LogP contribution in [0.15, 0.2) is 24.3 Å². The van der Waals surface area contributed by atoms with Gasteiger partial charge in [0.25, 0.3) is 5.91 Å². The van der Waals surface area contributed by atoms with Crippen LogP contribution in [0.5, 0.6) is 0 Å². The molecule has 1 aromatic carbocycles. The van der Waals surface area contributed by atoms with E-state index in [1.54, 1.807) is 4.90 Å². The highest BCUT2D eigenvalue weighted by Crippen LogP contribution is 2.06. The summed E-state index contributed by atoms with van der Waals surface area (Å²) in [4.78, 5) is 13.8. The predicted octanol–water partition coefficient (Wildman–Crippen LogP) is 1.68. The molecule has 0 unspecified atom stereocenters. The number of amides is 1. The first-order chi connectivity index (χ1) is 7.65. The zero-order valence-electron chi connectivity index (χ0n) is 10.3. The van der Waals surface area contributed by atoms with Crippen molar-refractivity contribution in [3.8, 4) is 0 Å². The minimum atomic E-state index is 0.0970. The number of carbonyl (C=O) groups excluding carboxylic acids is 1. The molecule has 3 nitrogen and oxygen atoms in total. The fourth-order valence-electron chi connectivity index (χ4n) is 1.59. The summed E-state index contributed by atoms with van der Waals surface area (Å²) in [6, 6.07) is 7.71. The lowest BCUT2D eigenvalue weighted by Gasteiger charge is -2.17. The fourth-order valence-corrected chi connectivity index (χ4v) is 1.59. The van der Waals surface area contributed by atoms with E-state index in [0.29, 0.717) is 0 Å². The molecule has 16 heavy (non-hydrogen) atoms. The van der Waals surface area contributed by atoms with Gasteiger partial charge in [-0.3, -0.25) is 4.79 Å². The lowest BCUT2D eigenvalue weighted by molar-refractivity contribution is 0.0793. The van der Waals surface area contributed by atoms with Crippen LogP contribution in [0.25, 0.3) is 0 Å². The lowest BCUT2D eigenvalue weighted by Crippen LogP contribution is -2.29. The van der Waals surface area contributed by atoms with Crippen LogP contribution >= 0.6 is 0 Å². The fraction of sp³-hybridized carbons (Fsp3) is 0.462. The van der Waals surface area contributed by atoms with E-state index in [4.69, 9.17) is 0 Å². The van der Waals surface area contributed by atoms with Gasteiger partial charge in [0.15, 0.2) is 0 Å². The largest absolute Gasteiger partial charge is 0.342 e. The topological polar surface area (TPSA) is 32.3 Å². The first-order valence-electron chi connectivity index (χ1n) is 5.62. The maximum Gasteiger partial charge on any atom is 0.253 e. The first-order valence-corrected chi connectivity index (χ1v) is 5.62. The molecule has 0 aliphatic heterocycles. The van der Waals surface area contributed by atoms with Gasteiger partial charge in [0.1, 0.15) is 0 Å². The average Bonchev–Trinajstić information content (AvgIpc) is 2.28. The van der Waals surface area contributed by atoms with Crippen molar-refractivity contribution in [2.24, 2.45) is 0 Å². The second-order valence-corrected chi connectivity index (χ2v) is 4.05. The number of hydrogen-bond acceptors (Lipinski definition) is 2. The summed E-state index contributed by atoms with van der Waals surface area (Å²) in [7, 11) is 3.77. The van der Waals surface area contributed by atoms with Gasteiger partial charge in [-0.1, -0.05) is 17.7 Å². The summed E-state index contributed by atoms with van der Waals surface area (Å²) in [6.07, 6.45) is 0.977. The van der Waals surface area contributed by atoms with Crippen molar-refractivity contribution < 1.29 is 4.79 Å². The van der Waals surface area contributed by atoms with Crippen molar-refractivity contribution in [3.63, 3.8) is 0 Å². The van der Waals surface area contributed by atoms with Gasteiger partial charge in [-0.15, -0.1) is 0 Å². The van der Waals surface area contributed by atoms with E-state index in [9.17, 15) is 4.79 Å². The van der Waals surface area contributed by atoms with Crippen molar-refractivity contribution in [1.29, 1.82) is 0 Å². The summed E-state index contributed by atoms with van der Waals surface area (Å²) in [5.74, 6) is 0.0970. The van der Waals surface area contributed by atoms with E-state index in [0.717, 1.165) is 30.6 Å². The Morgan fingerprint density at radius 3 is 2.81 bits per heavy atom. The molecule has 0 aromatic heterocycles. The van der Waals surface area contributed by atoms with E-state index in [2.05, 4.69) is 5.32 Å². The number of benzene rings is 1. The Morgan fingerprint density at radius 2 is 2.19 bits per heavy atom. The van der Waals surface area contributed by atoms with Crippen molar-refractivity contribution in [2.45, 2.75) is 13.3 Å². The second-order valence-electron chi connectivity index (χ2n) is 4.05. The van der Waals surface area contributed by atoms with Crippen molar-refractivity contribution in [1.82, 2.24) is 10.2 Å². The number of nitrogens with zero attached hydrogens (tertiary/aromatic N) is 1. The quantitative estimate of drug-likeness (QED) is 0.766. The maximum absolute atomic E-state index is 12.0. The van der Waals surface area contributed by atoms with Crippen LogP contribution in [0.3, 0.4) is 0 Å². The molecular formula is C13H20N2O. The smallest absolute Gasteiger partial charge is 0.253 e. The summed E-state index contributed by atoms with van der Waals surface area (Å²) >= 11 is 0. The number of hydrogen-bond donors (Lipinski definition) is 1. The van der Waals surface area contributed by atoms with Gasteiger partial charge in [0.05, 0.1) is 0 Å². The third kappa shape index (κ3) is 3.66. The van der Waals surface area contributed by atoms with Crippen molar-refractivity contribution in [2.75, 3.05) is 27.2 Å². The normalized spacial score (nSPS) is 10.2. The minimum Gasteiger partial charge on any atom is -0.342 e. The van der Waals surface area contributed by atoms with E-state index in [1.807, 2.05) is 45.3 Å². The molecule has 1 rings (SSSR count). The molecule has 0 heterocycles. The van der Waals surface area contributed by atoms with Crippen LogP contribution in [-0.2, 0) is 0 Å². The Hall–Kier alpha value is -1.35. The minimum absolute atomic E-state index is 0.0970. The Morgan fingerprint density at radius 1 is 1.44 bits per heavy atom. The van der Waals surface area contributed by atoms with Crippen LogP contribution in [0.2, 0.25) is 0 Å². The summed E-state index contributed by atoms with van der Waals surface area (Å²) in [5.41, 5.74) is 1.89. The van der Waals surface area contributed by atoms with Gasteiger partial charge < -0.3 is 10.2 Å². The first kappa shape index (κ1) is 12.7. The van der Waals surface area contributed by atoms with Crippen molar-refractivity contribution >= 4 is 5.91 Å². The van der Waals surface area contributed by atoms with Crippen LogP contribution in [0.4, 0.5) is 0 Å². The molecule has 0 spiro atoms. The van der Waals surface area contributed by atoms with E-state index in [1.165, 1.54) is 0 Å². The molecule has 1 N–H and O–H groups in total. The van der Waals surface area contributed by atoms with Gasteiger partial charge in [0, 0.05) is 19.2 Å². The van der Waals surface area contributed by atoms with E-state index >= 15 is 0 Å². The molecule has 0 fully saturated rings. The molecule has 0 bridgehead atoms. The molecule has 0 aliphatic carbocycles. The molecule has 88 valence electrons. The molecule has 0 radical (unpaired) electrons. The average molecular weight is 220 g/mol. The van der Waals surface area contributed by atoms with E-state index < -0.39 is 0 Å². The molecule has 0 saturated carbocycles. The monoisotopic (exact) mass is 220 g/mol. The van der Waals surface area contributed by atoms with E-state index in [-0.39, 0.29) is 5.91 Å². The zero-order chi connectivity index (χ0) is 12.0. The number of carbonyl (C=O) groups is 1. The zero-order valence-corrected chi connectivity index (χ0v) is 10.3. The Bertz CT molecular complexity index is 350. The number of nitrogens with one attached hydrogen (secondary N) is 1. The maximum atomic E-state index is 12.0. The SMILES string of the molecule is CNCCCN(C)C(=O)c1cccc(C)c1.